The number of aryl methyl sites for hydroxylation is 2. The number of carbonyl (C=O) groups is 3. The van der Waals surface area contributed by atoms with E-state index in [1.807, 2.05) is 17.7 Å². The van der Waals surface area contributed by atoms with Gasteiger partial charge in [0.1, 0.15) is 11.4 Å². The van der Waals surface area contributed by atoms with Crippen molar-refractivity contribution in [1.82, 2.24) is 24.3 Å². The van der Waals surface area contributed by atoms with Gasteiger partial charge in [0.2, 0.25) is 5.91 Å². The van der Waals surface area contributed by atoms with E-state index in [9.17, 15) is 14.4 Å². The highest BCUT2D eigenvalue weighted by molar-refractivity contribution is 6.06. The van der Waals surface area contributed by atoms with Crippen LogP contribution in [0.2, 0.25) is 0 Å². The zero-order chi connectivity index (χ0) is 17.5. The number of nitrogens with zero attached hydrogens (tertiary/aromatic N) is 5. The van der Waals surface area contributed by atoms with Gasteiger partial charge >= 0.3 is 6.03 Å². The summed E-state index contributed by atoms with van der Waals surface area (Å²) < 4.78 is 1.95. The molecule has 0 bridgehead atoms. The van der Waals surface area contributed by atoms with Crippen molar-refractivity contribution in [1.29, 1.82) is 0 Å². The van der Waals surface area contributed by atoms with E-state index in [4.69, 9.17) is 0 Å². The van der Waals surface area contributed by atoms with Crippen molar-refractivity contribution in [2.45, 2.75) is 38.3 Å². The zero-order valence-electron chi connectivity index (χ0n) is 14.4. The average Bonchev–Trinajstić information content (AvgIpc) is 3.07. The van der Waals surface area contributed by atoms with Crippen molar-refractivity contribution in [2.75, 3.05) is 27.2 Å². The molecule has 3 rings (SSSR count). The molecule has 3 heterocycles. The number of amides is 4. The lowest BCUT2D eigenvalue weighted by molar-refractivity contribution is -0.140. The van der Waals surface area contributed by atoms with E-state index in [0.717, 1.165) is 5.82 Å². The second kappa shape index (κ2) is 5.92. The van der Waals surface area contributed by atoms with Crippen molar-refractivity contribution in [3.05, 3.63) is 18.2 Å². The van der Waals surface area contributed by atoms with E-state index in [-0.39, 0.29) is 17.8 Å². The van der Waals surface area contributed by atoms with Crippen LogP contribution in [0.15, 0.2) is 12.4 Å². The van der Waals surface area contributed by atoms with Crippen LogP contribution in [0.4, 0.5) is 4.79 Å². The first kappa shape index (κ1) is 16.5. The fourth-order valence-corrected chi connectivity index (χ4v) is 3.64. The van der Waals surface area contributed by atoms with Crippen LogP contribution in [0.3, 0.4) is 0 Å². The second-order valence-corrected chi connectivity index (χ2v) is 6.54. The Morgan fingerprint density at radius 1 is 1.25 bits per heavy atom. The lowest BCUT2D eigenvalue weighted by Gasteiger charge is -2.40. The van der Waals surface area contributed by atoms with Crippen molar-refractivity contribution < 1.29 is 14.4 Å². The lowest BCUT2D eigenvalue weighted by Crippen LogP contribution is -2.56. The molecule has 0 radical (unpaired) electrons. The Balaban J connectivity index is 1.59. The number of urea groups is 1. The SMILES string of the molecule is Cc1nccn1CCC(=O)N1CCC2(CC1)C(=O)N(C)C(=O)N2C. The summed E-state index contributed by atoms with van der Waals surface area (Å²) in [4.78, 5) is 45.5. The fraction of sp³-hybridized carbons (Fsp3) is 0.625. The van der Waals surface area contributed by atoms with Crippen molar-refractivity contribution in [3.63, 3.8) is 0 Å². The molecular weight excluding hydrogens is 310 g/mol. The third-order valence-corrected chi connectivity index (χ3v) is 5.35. The molecule has 2 saturated heterocycles. The average molecular weight is 333 g/mol. The number of aromatic nitrogens is 2. The Morgan fingerprint density at radius 2 is 1.92 bits per heavy atom. The van der Waals surface area contributed by atoms with E-state index in [1.54, 1.807) is 18.1 Å². The van der Waals surface area contributed by atoms with Gasteiger partial charge < -0.3 is 14.4 Å². The number of hydrogen-bond acceptors (Lipinski definition) is 4. The van der Waals surface area contributed by atoms with Gasteiger partial charge in [-0.15, -0.1) is 0 Å². The normalized spacial score (nSPS) is 20.4. The van der Waals surface area contributed by atoms with Crippen molar-refractivity contribution in [2.24, 2.45) is 0 Å². The number of piperidine rings is 1. The molecule has 0 unspecified atom stereocenters. The molecule has 0 saturated carbocycles. The highest BCUT2D eigenvalue weighted by Gasteiger charge is 2.55. The minimum Gasteiger partial charge on any atom is -0.342 e. The highest BCUT2D eigenvalue weighted by Crippen LogP contribution is 2.35. The fourth-order valence-electron chi connectivity index (χ4n) is 3.64. The molecule has 8 nitrogen and oxygen atoms in total. The number of hydrogen-bond donors (Lipinski definition) is 0. The van der Waals surface area contributed by atoms with Crippen molar-refractivity contribution >= 4 is 17.8 Å². The molecule has 2 fully saturated rings. The Morgan fingerprint density at radius 3 is 2.42 bits per heavy atom. The minimum absolute atomic E-state index is 0.0748. The first-order chi connectivity index (χ1) is 11.4. The topological polar surface area (TPSA) is 78.8 Å². The molecule has 1 aromatic heterocycles. The number of likely N-dealkylation sites (N-methyl/N-ethyl adjacent to an activating group) is 2. The Bertz CT molecular complexity index is 675. The summed E-state index contributed by atoms with van der Waals surface area (Å²) in [5.74, 6) is 0.807. The number of likely N-dealkylation sites (tertiary alicyclic amines) is 1. The number of rotatable bonds is 3. The largest absolute Gasteiger partial charge is 0.342 e. The number of imide groups is 1. The van der Waals surface area contributed by atoms with Crippen LogP contribution in [0.25, 0.3) is 0 Å². The Hall–Kier alpha value is -2.38. The van der Waals surface area contributed by atoms with Gasteiger partial charge in [0.15, 0.2) is 0 Å². The highest BCUT2D eigenvalue weighted by atomic mass is 16.2. The molecule has 4 amide bonds. The van der Waals surface area contributed by atoms with Crippen LogP contribution in [0.1, 0.15) is 25.1 Å². The maximum absolute atomic E-state index is 12.4. The maximum Gasteiger partial charge on any atom is 0.327 e. The summed E-state index contributed by atoms with van der Waals surface area (Å²) in [6, 6.07) is -0.268. The summed E-state index contributed by atoms with van der Waals surface area (Å²) in [5.41, 5.74) is -0.774. The third-order valence-electron chi connectivity index (χ3n) is 5.35. The monoisotopic (exact) mass is 333 g/mol. The molecule has 1 spiro atoms. The van der Waals surface area contributed by atoms with Crippen LogP contribution >= 0.6 is 0 Å². The maximum atomic E-state index is 12.4. The molecule has 1 aromatic rings. The summed E-state index contributed by atoms with van der Waals surface area (Å²) in [7, 11) is 3.18. The predicted octanol–water partition coefficient (Wildman–Crippen LogP) is 0.467. The Kier molecular flexibility index (Phi) is 4.06. The van der Waals surface area contributed by atoms with Gasteiger partial charge in [0.25, 0.3) is 5.91 Å². The zero-order valence-corrected chi connectivity index (χ0v) is 14.4. The molecule has 130 valence electrons. The van der Waals surface area contributed by atoms with Gasteiger partial charge in [-0.1, -0.05) is 0 Å². The summed E-state index contributed by atoms with van der Waals surface area (Å²) in [5, 5.41) is 0. The minimum atomic E-state index is -0.774. The van der Waals surface area contributed by atoms with Crippen molar-refractivity contribution in [3.8, 4) is 0 Å². The van der Waals surface area contributed by atoms with E-state index in [0.29, 0.717) is 38.9 Å². The molecular formula is C16H23N5O3. The molecule has 2 aliphatic heterocycles. The number of carbonyl (C=O) groups excluding carboxylic acids is 3. The van der Waals surface area contributed by atoms with Gasteiger partial charge in [0.05, 0.1) is 0 Å². The quantitative estimate of drug-likeness (QED) is 0.753. The smallest absolute Gasteiger partial charge is 0.327 e. The molecule has 2 aliphatic rings. The van der Waals surface area contributed by atoms with Gasteiger partial charge in [0, 0.05) is 52.5 Å². The molecule has 0 N–H and O–H groups in total. The van der Waals surface area contributed by atoms with Gasteiger partial charge in [-0.2, -0.15) is 0 Å². The van der Waals surface area contributed by atoms with Gasteiger partial charge in [-0.25, -0.2) is 9.78 Å². The summed E-state index contributed by atoms with van der Waals surface area (Å²) >= 11 is 0. The third kappa shape index (κ3) is 2.46. The van der Waals surface area contributed by atoms with Crippen LogP contribution in [0.5, 0.6) is 0 Å². The van der Waals surface area contributed by atoms with Crippen LogP contribution < -0.4 is 0 Å². The van der Waals surface area contributed by atoms with Gasteiger partial charge in [-0.3, -0.25) is 14.5 Å². The van der Waals surface area contributed by atoms with Crippen LogP contribution in [-0.4, -0.2) is 74.8 Å². The number of imidazole rings is 1. The summed E-state index contributed by atoms with van der Waals surface area (Å²) in [6.45, 7) is 3.51. The van der Waals surface area contributed by atoms with E-state index < -0.39 is 5.54 Å². The Labute approximate surface area is 141 Å². The molecule has 0 aliphatic carbocycles. The predicted molar refractivity (Wildman–Crippen MR) is 86.1 cm³/mol. The summed E-state index contributed by atoms with van der Waals surface area (Å²) in [6.07, 6.45) is 4.98. The van der Waals surface area contributed by atoms with E-state index in [1.165, 1.54) is 16.8 Å². The van der Waals surface area contributed by atoms with E-state index >= 15 is 0 Å². The standard InChI is InChI=1S/C16H23N5O3/c1-12-17-7-11-20(12)8-4-13(22)21-9-5-16(6-10-21)14(23)18(2)15(24)19(16)3/h7,11H,4-6,8-10H2,1-3H3. The molecule has 0 aromatic carbocycles. The molecule has 8 heteroatoms. The van der Waals surface area contributed by atoms with Gasteiger partial charge in [-0.05, 0) is 19.8 Å². The first-order valence-electron chi connectivity index (χ1n) is 8.18. The molecule has 24 heavy (non-hydrogen) atoms. The molecule has 0 atom stereocenters. The van der Waals surface area contributed by atoms with E-state index in [2.05, 4.69) is 4.98 Å². The lowest BCUT2D eigenvalue weighted by atomic mass is 9.86. The second-order valence-electron chi connectivity index (χ2n) is 6.54. The van der Waals surface area contributed by atoms with Crippen LogP contribution in [0, 0.1) is 6.92 Å². The van der Waals surface area contributed by atoms with Crippen LogP contribution in [-0.2, 0) is 16.1 Å². The first-order valence-corrected chi connectivity index (χ1v) is 8.18.